The number of carboxylic acids is 1. The van der Waals surface area contributed by atoms with E-state index in [9.17, 15) is 32.7 Å². The lowest BCUT2D eigenvalue weighted by Gasteiger charge is -2.38. The van der Waals surface area contributed by atoms with E-state index in [2.05, 4.69) is 15.6 Å². The molecule has 4 N–H and O–H groups in total. The summed E-state index contributed by atoms with van der Waals surface area (Å²) < 4.78 is 39.4. The van der Waals surface area contributed by atoms with Crippen molar-refractivity contribution in [3.05, 3.63) is 130 Å². The first-order chi connectivity index (χ1) is 20.5. The van der Waals surface area contributed by atoms with Gasteiger partial charge in [0.2, 0.25) is 5.91 Å². The number of hydrogen-bond acceptors (Lipinski definition) is 6. The number of benzene rings is 2. The molecule has 0 bridgehead atoms. The number of carbonyl (C=O) groups is 3. The van der Waals surface area contributed by atoms with Gasteiger partial charge in [-0.2, -0.15) is 13.2 Å². The Labute approximate surface area is 243 Å². The van der Waals surface area contributed by atoms with Crippen LogP contribution in [0.15, 0.2) is 108 Å². The van der Waals surface area contributed by atoms with Crippen LogP contribution in [0.4, 0.5) is 13.2 Å². The fraction of sp³-hybridized carbons (Fsp3) is 0.161. The summed E-state index contributed by atoms with van der Waals surface area (Å²) in [6.07, 6.45) is -0.455. The average Bonchev–Trinajstić information content (AvgIpc) is 2.97. The van der Waals surface area contributed by atoms with E-state index >= 15 is 0 Å². The van der Waals surface area contributed by atoms with E-state index in [0.717, 1.165) is 17.7 Å². The van der Waals surface area contributed by atoms with Gasteiger partial charge in [-0.15, -0.1) is 0 Å². The second kappa shape index (κ2) is 11.8. The Hall–Kier alpha value is -5.39. The van der Waals surface area contributed by atoms with Crippen LogP contribution in [0.25, 0.3) is 5.70 Å². The lowest BCUT2D eigenvalue weighted by Crippen LogP contribution is -2.43. The van der Waals surface area contributed by atoms with Gasteiger partial charge in [0.05, 0.1) is 29.3 Å². The third kappa shape index (κ3) is 6.13. The Bertz CT molecular complexity index is 1650. The number of aromatic nitrogens is 1. The van der Waals surface area contributed by atoms with Crippen LogP contribution in [0.1, 0.15) is 34.6 Å². The number of nitrogens with one attached hydrogen (secondary N) is 2. The smallest absolute Gasteiger partial charge is 0.416 e. The van der Waals surface area contributed by atoms with Crippen LogP contribution in [0.2, 0.25) is 0 Å². The number of carbonyl (C=O) groups excluding carboxylic acids is 2. The maximum Gasteiger partial charge on any atom is 0.416 e. The maximum atomic E-state index is 13.6. The number of carboxylic acid groups (broad SMARTS) is 1. The molecule has 1 aromatic heterocycles. The average molecular weight is 591 g/mol. The number of alkyl halides is 3. The quantitative estimate of drug-likeness (QED) is 0.304. The SMILES string of the molecule is O=C(O)CCNC(=O)C1=C(O)C2=CC(c3ccc(C(F)(F)F)cc3)C(=O)NC2=C(c2cccnc2)N1Cc1ccccc1. The van der Waals surface area contributed by atoms with Crippen molar-refractivity contribution < 1.29 is 37.8 Å². The lowest BCUT2D eigenvalue weighted by atomic mass is 9.86. The monoisotopic (exact) mass is 590 g/mol. The third-order valence-electron chi connectivity index (χ3n) is 6.94. The van der Waals surface area contributed by atoms with Gasteiger partial charge < -0.3 is 25.7 Å². The van der Waals surface area contributed by atoms with E-state index in [1.54, 1.807) is 30.5 Å². The number of amides is 2. The number of nitrogens with zero attached hydrogens (tertiary/aromatic N) is 2. The molecular formula is C31H25F3N4O5. The molecule has 2 amide bonds. The number of halogens is 3. The number of aliphatic carboxylic acids is 1. The minimum absolute atomic E-state index is 0.0752. The van der Waals surface area contributed by atoms with Gasteiger partial charge in [0.25, 0.3) is 5.91 Å². The zero-order valence-corrected chi connectivity index (χ0v) is 22.4. The Kier molecular flexibility index (Phi) is 8.02. The molecule has 3 heterocycles. The van der Waals surface area contributed by atoms with Crippen molar-refractivity contribution in [2.24, 2.45) is 0 Å². The van der Waals surface area contributed by atoms with E-state index in [4.69, 9.17) is 5.11 Å². The molecule has 1 atom stereocenters. The van der Waals surface area contributed by atoms with Crippen molar-refractivity contribution in [1.29, 1.82) is 0 Å². The van der Waals surface area contributed by atoms with Crippen LogP contribution in [0, 0.1) is 0 Å². The Balaban J connectivity index is 1.67. The topological polar surface area (TPSA) is 132 Å². The summed E-state index contributed by atoms with van der Waals surface area (Å²) in [4.78, 5) is 43.8. The molecule has 1 unspecified atom stereocenters. The normalized spacial score (nSPS) is 16.8. The first-order valence-corrected chi connectivity index (χ1v) is 13.1. The molecule has 2 aromatic carbocycles. The van der Waals surface area contributed by atoms with Gasteiger partial charge in [-0.05, 0) is 35.4 Å². The number of fused-ring (bicyclic) bond motifs is 1. The third-order valence-corrected chi connectivity index (χ3v) is 6.94. The molecule has 220 valence electrons. The van der Waals surface area contributed by atoms with Crippen LogP contribution < -0.4 is 10.6 Å². The van der Waals surface area contributed by atoms with Crippen molar-refractivity contribution in [3.8, 4) is 0 Å². The Morgan fingerprint density at radius 2 is 1.74 bits per heavy atom. The molecule has 3 aromatic rings. The second-order valence-electron chi connectivity index (χ2n) is 9.80. The van der Waals surface area contributed by atoms with Crippen molar-refractivity contribution >= 4 is 23.5 Å². The standard InChI is InChI=1S/C31H25F3N4O5/c32-31(33,34)21-10-8-19(9-11-21)22-15-23-25(37-29(22)42)26(20-7-4-13-35-16-20)38(17-18-5-2-1-3-6-18)27(28(23)41)30(43)36-14-12-24(39)40/h1-11,13,15-16,22,41H,12,14,17H2,(H,36,43)(H,37,42)(H,39,40). The summed E-state index contributed by atoms with van der Waals surface area (Å²) in [5.74, 6) is -4.03. The van der Waals surface area contributed by atoms with E-state index in [-0.39, 0.29) is 42.0 Å². The number of aliphatic hydroxyl groups is 1. The van der Waals surface area contributed by atoms with Crippen LogP contribution in [0.3, 0.4) is 0 Å². The molecule has 2 aliphatic rings. The minimum atomic E-state index is -4.56. The first-order valence-electron chi connectivity index (χ1n) is 13.1. The largest absolute Gasteiger partial charge is 0.505 e. The zero-order chi connectivity index (χ0) is 30.7. The highest BCUT2D eigenvalue weighted by Crippen LogP contribution is 2.42. The van der Waals surface area contributed by atoms with Crippen LogP contribution in [-0.2, 0) is 27.1 Å². The Morgan fingerprint density at radius 1 is 1.02 bits per heavy atom. The van der Waals surface area contributed by atoms with Gasteiger partial charge in [-0.25, -0.2) is 0 Å². The van der Waals surface area contributed by atoms with Gasteiger partial charge in [0.15, 0.2) is 11.5 Å². The molecule has 0 spiro atoms. The van der Waals surface area contributed by atoms with E-state index in [1.807, 2.05) is 18.2 Å². The highest BCUT2D eigenvalue weighted by molar-refractivity contribution is 6.01. The fourth-order valence-corrected chi connectivity index (χ4v) is 4.93. The summed E-state index contributed by atoms with van der Waals surface area (Å²) in [7, 11) is 0. The summed E-state index contributed by atoms with van der Waals surface area (Å²) in [5.41, 5.74) is 1.01. The molecule has 0 fully saturated rings. The number of aliphatic hydroxyl groups excluding tert-OH is 1. The fourth-order valence-electron chi connectivity index (χ4n) is 4.93. The summed E-state index contributed by atoms with van der Waals surface area (Å²) in [6.45, 7) is -0.140. The molecule has 0 saturated heterocycles. The number of hydrogen-bond donors (Lipinski definition) is 4. The molecule has 5 rings (SSSR count). The van der Waals surface area contributed by atoms with Crippen LogP contribution in [-0.4, -0.2) is 44.4 Å². The van der Waals surface area contributed by atoms with Gasteiger partial charge in [0, 0.05) is 36.6 Å². The first kappa shape index (κ1) is 29.1. The predicted octanol–water partition coefficient (Wildman–Crippen LogP) is 4.49. The minimum Gasteiger partial charge on any atom is -0.505 e. The zero-order valence-electron chi connectivity index (χ0n) is 22.4. The maximum absolute atomic E-state index is 13.6. The Morgan fingerprint density at radius 3 is 2.37 bits per heavy atom. The molecule has 0 saturated carbocycles. The number of pyridine rings is 1. The predicted molar refractivity (Wildman–Crippen MR) is 148 cm³/mol. The van der Waals surface area contributed by atoms with Crippen molar-refractivity contribution in [2.75, 3.05) is 6.54 Å². The van der Waals surface area contributed by atoms with Crippen molar-refractivity contribution in [3.63, 3.8) is 0 Å². The van der Waals surface area contributed by atoms with Gasteiger partial charge in [-0.3, -0.25) is 19.4 Å². The van der Waals surface area contributed by atoms with Gasteiger partial charge >= 0.3 is 12.1 Å². The van der Waals surface area contributed by atoms with Crippen LogP contribution >= 0.6 is 0 Å². The molecule has 0 aliphatic carbocycles. The van der Waals surface area contributed by atoms with Crippen LogP contribution in [0.5, 0.6) is 0 Å². The van der Waals surface area contributed by atoms with Crippen molar-refractivity contribution in [1.82, 2.24) is 20.5 Å². The van der Waals surface area contributed by atoms with Crippen molar-refractivity contribution in [2.45, 2.75) is 25.1 Å². The molecule has 12 heteroatoms. The molecular weight excluding hydrogens is 565 g/mol. The van der Waals surface area contributed by atoms with Gasteiger partial charge in [0.1, 0.15) is 0 Å². The highest BCUT2D eigenvalue weighted by Gasteiger charge is 2.40. The summed E-state index contributed by atoms with van der Waals surface area (Å²) in [6, 6.07) is 16.5. The summed E-state index contributed by atoms with van der Waals surface area (Å²) in [5, 5.41) is 26.0. The highest BCUT2D eigenvalue weighted by atomic mass is 19.4. The molecule has 9 nitrogen and oxygen atoms in total. The molecule has 0 radical (unpaired) electrons. The molecule has 43 heavy (non-hydrogen) atoms. The number of rotatable bonds is 8. The van der Waals surface area contributed by atoms with E-state index < -0.39 is 41.2 Å². The lowest BCUT2D eigenvalue weighted by molar-refractivity contribution is -0.138. The van der Waals surface area contributed by atoms with Gasteiger partial charge in [-0.1, -0.05) is 48.5 Å². The molecule has 2 aliphatic heterocycles. The summed E-state index contributed by atoms with van der Waals surface area (Å²) >= 11 is 0. The second-order valence-corrected chi connectivity index (χ2v) is 9.80. The van der Waals surface area contributed by atoms with E-state index in [1.165, 1.54) is 29.3 Å². The van der Waals surface area contributed by atoms with E-state index in [0.29, 0.717) is 11.3 Å².